The molecule has 2 heterocycles. The predicted molar refractivity (Wildman–Crippen MR) is 123 cm³/mol. The smallest absolute Gasteiger partial charge is 0.230 e. The number of halogens is 1. The van der Waals surface area contributed by atoms with Gasteiger partial charge in [0, 0.05) is 17.6 Å². The first-order chi connectivity index (χ1) is 14.9. The predicted octanol–water partition coefficient (Wildman–Crippen LogP) is 4.74. The first kappa shape index (κ1) is 21.4. The zero-order valence-electron chi connectivity index (χ0n) is 16.3. The highest BCUT2D eigenvalue weighted by atomic mass is 35.5. The second-order valence-electron chi connectivity index (χ2n) is 6.79. The lowest BCUT2D eigenvalue weighted by molar-refractivity contribution is -0.118. The van der Waals surface area contributed by atoms with Crippen LogP contribution >= 0.6 is 22.9 Å². The fourth-order valence-corrected chi connectivity index (χ4v) is 5.35. The number of amides is 1. The number of thiazole rings is 1. The fraction of sp³-hybridized carbons (Fsp3) is 0.136. The minimum absolute atomic E-state index is 0.140. The van der Waals surface area contributed by atoms with Crippen LogP contribution in [0.2, 0.25) is 5.02 Å². The van der Waals surface area contributed by atoms with E-state index in [9.17, 15) is 13.2 Å². The molecule has 0 saturated heterocycles. The molecule has 9 heteroatoms. The van der Waals surface area contributed by atoms with Crippen LogP contribution in [-0.2, 0) is 21.2 Å². The van der Waals surface area contributed by atoms with E-state index in [2.05, 4.69) is 9.97 Å². The number of anilines is 1. The van der Waals surface area contributed by atoms with Gasteiger partial charge in [0.2, 0.25) is 5.91 Å². The van der Waals surface area contributed by atoms with E-state index < -0.39 is 9.84 Å². The van der Waals surface area contributed by atoms with Crippen LogP contribution in [0.5, 0.6) is 0 Å². The SMILES string of the molecule is O=C(CCS(=O)(=O)c1ccc(Cl)cc1)N(Cc1ccccn1)c1nc2ccccc2s1. The Morgan fingerprint density at radius 1 is 1.00 bits per heavy atom. The van der Waals surface area contributed by atoms with Gasteiger partial charge in [-0.25, -0.2) is 13.4 Å². The molecule has 0 aliphatic carbocycles. The van der Waals surface area contributed by atoms with Crippen LogP contribution in [0.25, 0.3) is 10.2 Å². The number of para-hydroxylation sites is 1. The fourth-order valence-electron chi connectivity index (χ4n) is 3.01. The van der Waals surface area contributed by atoms with Crippen molar-refractivity contribution in [1.29, 1.82) is 0 Å². The van der Waals surface area contributed by atoms with Crippen molar-refractivity contribution in [2.24, 2.45) is 0 Å². The number of pyridine rings is 1. The van der Waals surface area contributed by atoms with Gasteiger partial charge in [0.25, 0.3) is 0 Å². The third-order valence-corrected chi connectivity index (χ3v) is 7.66. The van der Waals surface area contributed by atoms with Crippen molar-refractivity contribution in [2.75, 3.05) is 10.7 Å². The van der Waals surface area contributed by atoms with E-state index in [4.69, 9.17) is 11.6 Å². The molecule has 0 aliphatic heterocycles. The van der Waals surface area contributed by atoms with E-state index in [0.29, 0.717) is 15.8 Å². The molecule has 2 aromatic heterocycles. The summed E-state index contributed by atoms with van der Waals surface area (Å²) in [6, 6.07) is 19.0. The molecule has 0 unspecified atom stereocenters. The first-order valence-corrected chi connectivity index (χ1v) is 12.3. The van der Waals surface area contributed by atoms with Crippen LogP contribution < -0.4 is 4.90 Å². The van der Waals surface area contributed by atoms with Crippen molar-refractivity contribution < 1.29 is 13.2 Å². The average Bonchev–Trinajstić information content (AvgIpc) is 3.21. The van der Waals surface area contributed by atoms with Gasteiger partial charge >= 0.3 is 0 Å². The Labute approximate surface area is 189 Å². The van der Waals surface area contributed by atoms with Gasteiger partial charge < -0.3 is 0 Å². The van der Waals surface area contributed by atoms with E-state index in [0.717, 1.165) is 10.2 Å². The third-order valence-electron chi connectivity index (χ3n) is 4.62. The van der Waals surface area contributed by atoms with Crippen LogP contribution in [0.3, 0.4) is 0 Å². The first-order valence-electron chi connectivity index (χ1n) is 9.46. The monoisotopic (exact) mass is 471 g/mol. The van der Waals surface area contributed by atoms with Gasteiger partial charge in [0.1, 0.15) is 0 Å². The number of carbonyl (C=O) groups is 1. The summed E-state index contributed by atoms with van der Waals surface area (Å²) in [5, 5.41) is 0.966. The van der Waals surface area contributed by atoms with Crippen LogP contribution in [-0.4, -0.2) is 30.0 Å². The third kappa shape index (κ3) is 5.10. The normalized spacial score (nSPS) is 11.5. The molecular weight excluding hydrogens is 454 g/mol. The Balaban J connectivity index is 1.58. The van der Waals surface area contributed by atoms with Gasteiger partial charge in [-0.3, -0.25) is 14.7 Å². The Bertz CT molecular complexity index is 1270. The van der Waals surface area contributed by atoms with Gasteiger partial charge in [0.05, 0.1) is 33.1 Å². The maximum atomic E-state index is 13.1. The summed E-state index contributed by atoms with van der Waals surface area (Å²) in [4.78, 5) is 23.7. The summed E-state index contributed by atoms with van der Waals surface area (Å²) < 4.78 is 26.3. The largest absolute Gasteiger partial charge is 0.282 e. The van der Waals surface area contributed by atoms with E-state index in [1.54, 1.807) is 12.3 Å². The number of benzene rings is 2. The number of nitrogens with zero attached hydrogens (tertiary/aromatic N) is 3. The minimum atomic E-state index is -3.62. The van der Waals surface area contributed by atoms with E-state index in [1.165, 1.54) is 40.5 Å². The second kappa shape index (κ2) is 9.13. The molecule has 2 aromatic carbocycles. The molecule has 0 saturated carbocycles. The lowest BCUT2D eigenvalue weighted by atomic mass is 10.3. The molecular formula is C22H18ClN3O3S2. The molecule has 0 atom stereocenters. The zero-order chi connectivity index (χ0) is 21.8. The second-order valence-corrected chi connectivity index (χ2v) is 10.3. The van der Waals surface area contributed by atoms with Crippen LogP contribution in [0.4, 0.5) is 5.13 Å². The molecule has 0 bridgehead atoms. The number of fused-ring (bicyclic) bond motifs is 1. The van der Waals surface area contributed by atoms with Crippen molar-refractivity contribution in [3.05, 3.63) is 83.6 Å². The highest BCUT2D eigenvalue weighted by Gasteiger charge is 2.24. The highest BCUT2D eigenvalue weighted by Crippen LogP contribution is 2.30. The van der Waals surface area contributed by atoms with Crippen molar-refractivity contribution in [2.45, 2.75) is 17.9 Å². The maximum absolute atomic E-state index is 13.1. The Morgan fingerprint density at radius 2 is 1.74 bits per heavy atom. The Hall–Kier alpha value is -2.81. The molecule has 0 N–H and O–H groups in total. The number of hydrogen-bond acceptors (Lipinski definition) is 6. The van der Waals surface area contributed by atoms with E-state index in [1.807, 2.05) is 36.4 Å². The number of hydrogen-bond donors (Lipinski definition) is 0. The average molecular weight is 472 g/mol. The molecule has 158 valence electrons. The van der Waals surface area contributed by atoms with Crippen LogP contribution in [0.1, 0.15) is 12.1 Å². The molecule has 0 aliphatic rings. The van der Waals surface area contributed by atoms with Gasteiger partial charge in [-0.2, -0.15) is 0 Å². The van der Waals surface area contributed by atoms with Crippen molar-refractivity contribution in [3.8, 4) is 0 Å². The Kier molecular flexibility index (Phi) is 6.31. The highest BCUT2D eigenvalue weighted by molar-refractivity contribution is 7.91. The summed E-state index contributed by atoms with van der Waals surface area (Å²) in [6.45, 7) is 0.209. The summed E-state index contributed by atoms with van der Waals surface area (Å²) >= 11 is 7.23. The van der Waals surface area contributed by atoms with Gasteiger partial charge in [-0.1, -0.05) is 41.1 Å². The van der Waals surface area contributed by atoms with Crippen molar-refractivity contribution >= 4 is 54.0 Å². The summed E-state index contributed by atoms with van der Waals surface area (Å²) in [5.74, 6) is -0.640. The summed E-state index contributed by atoms with van der Waals surface area (Å²) in [6.07, 6.45) is 1.48. The zero-order valence-corrected chi connectivity index (χ0v) is 18.7. The molecule has 31 heavy (non-hydrogen) atoms. The van der Waals surface area contributed by atoms with Crippen LogP contribution in [0, 0.1) is 0 Å². The van der Waals surface area contributed by atoms with Crippen LogP contribution in [0.15, 0.2) is 77.8 Å². The lowest BCUT2D eigenvalue weighted by Gasteiger charge is -2.19. The number of sulfone groups is 1. The van der Waals surface area contributed by atoms with Crippen molar-refractivity contribution in [1.82, 2.24) is 9.97 Å². The Morgan fingerprint density at radius 3 is 2.45 bits per heavy atom. The molecule has 1 amide bonds. The molecule has 0 spiro atoms. The molecule has 0 radical (unpaired) electrons. The molecule has 4 rings (SSSR count). The quantitative estimate of drug-likeness (QED) is 0.389. The summed E-state index contributed by atoms with van der Waals surface area (Å²) in [5.41, 5.74) is 1.48. The topological polar surface area (TPSA) is 80.2 Å². The standard InChI is InChI=1S/C22H18ClN3O3S2/c23-16-8-10-18(11-9-16)31(28,29)14-12-21(27)26(15-17-5-3-4-13-24-17)22-25-19-6-1-2-7-20(19)30-22/h1-11,13H,12,14-15H2. The molecule has 4 aromatic rings. The lowest BCUT2D eigenvalue weighted by Crippen LogP contribution is -2.32. The maximum Gasteiger partial charge on any atom is 0.230 e. The molecule has 0 fully saturated rings. The number of rotatable bonds is 7. The number of aromatic nitrogens is 2. The van der Waals surface area contributed by atoms with Gasteiger partial charge in [-0.05, 0) is 48.5 Å². The minimum Gasteiger partial charge on any atom is -0.282 e. The van der Waals surface area contributed by atoms with Gasteiger partial charge in [0.15, 0.2) is 15.0 Å². The molecule has 6 nitrogen and oxygen atoms in total. The van der Waals surface area contributed by atoms with E-state index >= 15 is 0 Å². The number of carbonyl (C=O) groups excluding carboxylic acids is 1. The van der Waals surface area contributed by atoms with Gasteiger partial charge in [-0.15, -0.1) is 0 Å². The van der Waals surface area contributed by atoms with E-state index in [-0.39, 0.29) is 29.5 Å². The van der Waals surface area contributed by atoms with Crippen molar-refractivity contribution in [3.63, 3.8) is 0 Å². The summed E-state index contributed by atoms with van der Waals surface area (Å²) in [7, 11) is -3.62.